The van der Waals surface area contributed by atoms with Crippen molar-refractivity contribution in [2.24, 2.45) is 11.7 Å². The average Bonchev–Trinajstić information content (AvgIpc) is 2.44. The van der Waals surface area contributed by atoms with Gasteiger partial charge in [0.15, 0.2) is 11.5 Å². The lowest BCUT2D eigenvalue weighted by atomic mass is 9.73. The van der Waals surface area contributed by atoms with Gasteiger partial charge in [0.1, 0.15) is 0 Å². The molecule has 2 N–H and O–H groups in total. The molecule has 1 aromatic rings. The molecule has 0 aromatic heterocycles. The molecule has 4 heteroatoms. The summed E-state index contributed by atoms with van der Waals surface area (Å²) in [5.41, 5.74) is 6.95. The second kappa shape index (κ2) is 6.15. The van der Waals surface area contributed by atoms with Gasteiger partial charge in [-0.1, -0.05) is 20.8 Å². The second-order valence-electron chi connectivity index (χ2n) is 5.19. The molecule has 0 radical (unpaired) electrons. The Kier molecular flexibility index (Phi) is 5.06. The summed E-state index contributed by atoms with van der Waals surface area (Å²) in [5.74, 6) is 2.34. The van der Waals surface area contributed by atoms with Crippen molar-refractivity contribution >= 4 is 0 Å². The number of ether oxygens (including phenoxy) is 3. The van der Waals surface area contributed by atoms with Crippen LogP contribution in [0, 0.1) is 5.92 Å². The Morgan fingerprint density at radius 3 is 1.79 bits per heavy atom. The molecule has 0 fully saturated rings. The van der Waals surface area contributed by atoms with E-state index in [1.165, 1.54) is 0 Å². The fourth-order valence-corrected chi connectivity index (χ4v) is 2.10. The molecule has 0 amide bonds. The first-order valence-corrected chi connectivity index (χ1v) is 6.45. The fourth-order valence-electron chi connectivity index (χ4n) is 2.10. The zero-order chi connectivity index (χ0) is 14.6. The first-order valence-electron chi connectivity index (χ1n) is 6.45. The molecule has 0 aliphatic heterocycles. The van der Waals surface area contributed by atoms with Crippen LogP contribution >= 0.6 is 0 Å². The first-order chi connectivity index (χ1) is 8.94. The molecule has 1 aromatic carbocycles. The van der Waals surface area contributed by atoms with Gasteiger partial charge in [-0.3, -0.25) is 0 Å². The minimum absolute atomic E-state index is 0.132. The minimum Gasteiger partial charge on any atom is -0.493 e. The third-order valence-electron chi connectivity index (χ3n) is 4.02. The van der Waals surface area contributed by atoms with Gasteiger partial charge in [-0.25, -0.2) is 0 Å². The summed E-state index contributed by atoms with van der Waals surface area (Å²) in [6.45, 7) is 7.04. The summed E-state index contributed by atoms with van der Waals surface area (Å²) in [6.07, 6.45) is 0. The third kappa shape index (κ3) is 2.78. The third-order valence-corrected chi connectivity index (χ3v) is 4.02. The summed E-state index contributed by atoms with van der Waals surface area (Å²) in [5, 5.41) is 0. The van der Waals surface area contributed by atoms with E-state index in [4.69, 9.17) is 19.9 Å². The Hall–Kier alpha value is -1.42. The van der Waals surface area contributed by atoms with Gasteiger partial charge in [0.25, 0.3) is 0 Å². The van der Waals surface area contributed by atoms with Crippen LogP contribution in [0.1, 0.15) is 26.3 Å². The van der Waals surface area contributed by atoms with Crippen molar-refractivity contribution in [1.29, 1.82) is 0 Å². The van der Waals surface area contributed by atoms with Crippen LogP contribution in [0.3, 0.4) is 0 Å². The Morgan fingerprint density at radius 2 is 1.53 bits per heavy atom. The molecule has 0 aliphatic rings. The number of benzene rings is 1. The molecule has 1 rings (SSSR count). The number of methoxy groups -OCH3 is 3. The number of hydrogen-bond donors (Lipinski definition) is 1. The van der Waals surface area contributed by atoms with E-state index in [2.05, 4.69) is 20.8 Å². The molecule has 0 aliphatic carbocycles. The Bertz CT molecular complexity index is 406. The van der Waals surface area contributed by atoms with Crippen molar-refractivity contribution < 1.29 is 14.2 Å². The average molecular weight is 267 g/mol. The van der Waals surface area contributed by atoms with Gasteiger partial charge in [0.05, 0.1) is 21.3 Å². The van der Waals surface area contributed by atoms with E-state index in [1.807, 2.05) is 12.1 Å². The molecule has 1 unspecified atom stereocenters. The van der Waals surface area contributed by atoms with Gasteiger partial charge in [0.2, 0.25) is 5.75 Å². The highest BCUT2D eigenvalue weighted by Gasteiger charge is 2.31. The van der Waals surface area contributed by atoms with E-state index in [-0.39, 0.29) is 5.41 Å². The molecule has 0 saturated carbocycles. The monoisotopic (exact) mass is 267 g/mol. The molecule has 19 heavy (non-hydrogen) atoms. The molecule has 108 valence electrons. The van der Waals surface area contributed by atoms with Crippen LogP contribution in [-0.4, -0.2) is 27.9 Å². The van der Waals surface area contributed by atoms with E-state index >= 15 is 0 Å². The highest BCUT2D eigenvalue weighted by molar-refractivity contribution is 5.55. The molecule has 0 spiro atoms. The van der Waals surface area contributed by atoms with Crippen LogP contribution in [-0.2, 0) is 5.41 Å². The maximum absolute atomic E-state index is 5.98. The summed E-state index contributed by atoms with van der Waals surface area (Å²) < 4.78 is 16.1. The molecule has 0 heterocycles. The minimum atomic E-state index is -0.132. The lowest BCUT2D eigenvalue weighted by molar-refractivity contribution is 0.314. The van der Waals surface area contributed by atoms with E-state index in [0.29, 0.717) is 29.7 Å². The largest absolute Gasteiger partial charge is 0.493 e. The predicted octanol–water partition coefficient (Wildman–Crippen LogP) is 2.58. The number of rotatable bonds is 6. The lowest BCUT2D eigenvalue weighted by Crippen LogP contribution is -2.37. The highest BCUT2D eigenvalue weighted by atomic mass is 16.5. The summed E-state index contributed by atoms with van der Waals surface area (Å²) >= 11 is 0. The van der Waals surface area contributed by atoms with Crippen molar-refractivity contribution in [2.75, 3.05) is 27.9 Å². The molecule has 4 nitrogen and oxygen atoms in total. The van der Waals surface area contributed by atoms with Crippen molar-refractivity contribution in [3.63, 3.8) is 0 Å². The lowest BCUT2D eigenvalue weighted by Gasteiger charge is -2.33. The zero-order valence-electron chi connectivity index (χ0n) is 12.7. The van der Waals surface area contributed by atoms with E-state index in [9.17, 15) is 0 Å². The standard InChI is InChI=1S/C15H25NO3/c1-10(2)15(3,9-16)11-7-12(17-4)14(19-6)13(8-11)18-5/h7-8,10H,9,16H2,1-6H3. The predicted molar refractivity (Wildman–Crippen MR) is 77.3 cm³/mol. The van der Waals surface area contributed by atoms with Crippen LogP contribution < -0.4 is 19.9 Å². The molecule has 1 atom stereocenters. The van der Waals surface area contributed by atoms with Crippen LogP contribution in [0.5, 0.6) is 17.2 Å². The highest BCUT2D eigenvalue weighted by Crippen LogP contribution is 2.43. The second-order valence-corrected chi connectivity index (χ2v) is 5.19. The number of nitrogens with two attached hydrogens (primary N) is 1. The summed E-state index contributed by atoms with van der Waals surface area (Å²) in [7, 11) is 4.84. The molecule has 0 bridgehead atoms. The maximum atomic E-state index is 5.98. The Balaban J connectivity index is 3.45. The van der Waals surface area contributed by atoms with Gasteiger partial charge in [0, 0.05) is 12.0 Å². The maximum Gasteiger partial charge on any atom is 0.203 e. The Morgan fingerprint density at radius 1 is 1.05 bits per heavy atom. The quantitative estimate of drug-likeness (QED) is 0.860. The van der Waals surface area contributed by atoms with Crippen LogP contribution in [0.4, 0.5) is 0 Å². The van der Waals surface area contributed by atoms with Crippen LogP contribution in [0.2, 0.25) is 0 Å². The molecular formula is C15H25NO3. The molecule has 0 saturated heterocycles. The van der Waals surface area contributed by atoms with E-state index in [1.54, 1.807) is 21.3 Å². The molecular weight excluding hydrogens is 242 g/mol. The zero-order valence-corrected chi connectivity index (χ0v) is 12.7. The fraction of sp³-hybridized carbons (Fsp3) is 0.600. The van der Waals surface area contributed by atoms with E-state index in [0.717, 1.165) is 5.56 Å². The van der Waals surface area contributed by atoms with Gasteiger partial charge >= 0.3 is 0 Å². The first kappa shape index (κ1) is 15.6. The summed E-state index contributed by atoms with van der Waals surface area (Å²) in [4.78, 5) is 0. The van der Waals surface area contributed by atoms with Crippen molar-refractivity contribution in [3.05, 3.63) is 17.7 Å². The van der Waals surface area contributed by atoms with Crippen molar-refractivity contribution in [2.45, 2.75) is 26.2 Å². The normalized spacial score (nSPS) is 14.1. The topological polar surface area (TPSA) is 53.7 Å². The van der Waals surface area contributed by atoms with Gasteiger partial charge < -0.3 is 19.9 Å². The van der Waals surface area contributed by atoms with Gasteiger partial charge in [-0.2, -0.15) is 0 Å². The number of hydrogen-bond acceptors (Lipinski definition) is 4. The van der Waals surface area contributed by atoms with E-state index < -0.39 is 0 Å². The van der Waals surface area contributed by atoms with Gasteiger partial charge in [-0.15, -0.1) is 0 Å². The summed E-state index contributed by atoms with van der Waals surface area (Å²) in [6, 6.07) is 3.96. The Labute approximate surface area is 115 Å². The smallest absolute Gasteiger partial charge is 0.203 e. The van der Waals surface area contributed by atoms with Crippen molar-refractivity contribution in [1.82, 2.24) is 0 Å². The van der Waals surface area contributed by atoms with Crippen molar-refractivity contribution in [3.8, 4) is 17.2 Å². The SMILES string of the molecule is COc1cc(C(C)(CN)C(C)C)cc(OC)c1OC. The van der Waals surface area contributed by atoms with Crippen LogP contribution in [0.25, 0.3) is 0 Å². The van der Waals surface area contributed by atoms with Gasteiger partial charge in [-0.05, 0) is 23.6 Å². The van der Waals surface area contributed by atoms with Crippen LogP contribution in [0.15, 0.2) is 12.1 Å².